The Kier molecular flexibility index (Phi) is 2.41. The number of ether oxygens (including phenoxy) is 1. The molecule has 73 valence electrons. The van der Waals surface area contributed by atoms with Crippen LogP contribution in [-0.2, 0) is 4.74 Å². The molecule has 0 saturated heterocycles. The minimum atomic E-state index is -2.86. The average Bonchev–Trinajstić information content (AvgIpc) is 2.17. The fraction of sp³-hybridized carbons (Fsp3) is 0.222. The maximum Gasteiger partial charge on any atom is 0.348 e. The molecular weight excluding hydrogens is 190 g/mol. The Labute approximate surface area is 78.7 Å². The summed E-state index contributed by atoms with van der Waals surface area (Å²) in [5.74, 6) is 0. The van der Waals surface area contributed by atoms with Gasteiger partial charge in [0.25, 0.3) is 6.35 Å². The van der Waals surface area contributed by atoms with Crippen LogP contribution in [0.5, 0.6) is 0 Å². The molecule has 0 aliphatic carbocycles. The van der Waals surface area contributed by atoms with E-state index in [-0.39, 0.29) is 0 Å². The number of hydrogen-bond acceptors (Lipinski definition) is 2. The molecule has 1 radical (unpaired) electrons. The van der Waals surface area contributed by atoms with Gasteiger partial charge < -0.3 is 0 Å². The highest BCUT2D eigenvalue weighted by Gasteiger charge is 2.14. The molecule has 1 atom stereocenters. The summed E-state index contributed by atoms with van der Waals surface area (Å²) < 4.78 is 27.8. The van der Waals surface area contributed by atoms with E-state index in [9.17, 15) is 8.78 Å². The lowest BCUT2D eigenvalue weighted by atomic mass is 10.3. The van der Waals surface area contributed by atoms with Gasteiger partial charge in [-0.1, -0.05) is 18.2 Å². The van der Waals surface area contributed by atoms with Crippen molar-refractivity contribution in [1.82, 2.24) is 5.32 Å². The Morgan fingerprint density at radius 3 is 2.86 bits per heavy atom. The Morgan fingerprint density at radius 1 is 1.29 bits per heavy atom. The van der Waals surface area contributed by atoms with Crippen molar-refractivity contribution in [3.63, 3.8) is 0 Å². The van der Waals surface area contributed by atoms with Crippen molar-refractivity contribution in [1.29, 1.82) is 0 Å². The molecular formula is C9H7F2N2O. The van der Waals surface area contributed by atoms with Crippen LogP contribution in [0.1, 0.15) is 0 Å². The van der Waals surface area contributed by atoms with Crippen molar-refractivity contribution < 1.29 is 13.5 Å². The van der Waals surface area contributed by atoms with E-state index in [1.807, 2.05) is 6.07 Å². The summed E-state index contributed by atoms with van der Waals surface area (Å²) in [6.45, 7) is -2.86. The van der Waals surface area contributed by atoms with Crippen LogP contribution in [0.2, 0.25) is 0 Å². The topological polar surface area (TPSA) is 35.7 Å². The normalized spacial score (nSPS) is 19.2. The molecule has 1 aliphatic heterocycles. The first-order valence-electron chi connectivity index (χ1n) is 4.02. The average molecular weight is 197 g/mol. The van der Waals surface area contributed by atoms with Crippen molar-refractivity contribution in [3.8, 4) is 0 Å². The summed E-state index contributed by atoms with van der Waals surface area (Å²) >= 11 is 0. The Morgan fingerprint density at radius 2 is 2.07 bits per heavy atom. The molecule has 1 heterocycles. The number of halogens is 2. The zero-order chi connectivity index (χ0) is 9.97. The van der Waals surface area contributed by atoms with E-state index in [1.54, 1.807) is 18.2 Å². The van der Waals surface area contributed by atoms with E-state index in [2.05, 4.69) is 15.0 Å². The van der Waals surface area contributed by atoms with Crippen LogP contribution >= 0.6 is 0 Å². The quantitative estimate of drug-likeness (QED) is 0.666. The van der Waals surface area contributed by atoms with Gasteiger partial charge in [-0.25, -0.2) is 10.3 Å². The highest BCUT2D eigenvalue weighted by molar-refractivity contribution is 5.23. The molecule has 0 N–H and O–H groups in total. The van der Waals surface area contributed by atoms with Crippen LogP contribution in [0.4, 0.5) is 8.78 Å². The third-order valence-corrected chi connectivity index (χ3v) is 1.75. The third kappa shape index (κ3) is 1.88. The van der Waals surface area contributed by atoms with E-state index in [1.165, 1.54) is 6.20 Å². The summed E-state index contributed by atoms with van der Waals surface area (Å²) in [7, 11) is 0. The Balaban J connectivity index is 2.29. The summed E-state index contributed by atoms with van der Waals surface area (Å²) in [6, 6.07) is 7.14. The number of hydrogen-bond donors (Lipinski definition) is 0. The molecule has 0 fully saturated rings. The first-order valence-corrected chi connectivity index (χ1v) is 4.02. The molecule has 1 unspecified atom stereocenters. The number of nitrogens with zero attached hydrogens (tertiary/aromatic N) is 2. The molecule has 0 amide bonds. The van der Waals surface area contributed by atoms with Crippen LogP contribution in [0.25, 0.3) is 6.20 Å². The summed E-state index contributed by atoms with van der Waals surface area (Å²) in [5.41, 5.74) is 0. The molecule has 0 saturated carbocycles. The van der Waals surface area contributed by atoms with E-state index < -0.39 is 13.0 Å². The predicted molar refractivity (Wildman–Crippen MR) is 44.7 cm³/mol. The number of fused-ring (bicyclic) bond motifs is 1. The molecule has 2 rings (SSSR count). The van der Waals surface area contributed by atoms with Gasteiger partial charge in [0.15, 0.2) is 0 Å². The molecule has 0 aromatic heterocycles. The highest BCUT2D eigenvalue weighted by Crippen LogP contribution is 2.01. The van der Waals surface area contributed by atoms with E-state index in [0.717, 1.165) is 5.22 Å². The van der Waals surface area contributed by atoms with Crippen LogP contribution in [0.15, 0.2) is 29.3 Å². The smallest absolute Gasteiger partial charge is 0.276 e. The van der Waals surface area contributed by atoms with Gasteiger partial charge in [0.05, 0.1) is 5.36 Å². The molecule has 1 aliphatic rings. The van der Waals surface area contributed by atoms with Crippen molar-refractivity contribution >= 4 is 6.20 Å². The summed E-state index contributed by atoms with van der Waals surface area (Å²) in [4.78, 5) is 3.89. The fourth-order valence-corrected chi connectivity index (χ4v) is 1.17. The summed E-state index contributed by atoms with van der Waals surface area (Å²) in [6.07, 6.45) is 0.361. The second-order valence-corrected chi connectivity index (χ2v) is 2.69. The van der Waals surface area contributed by atoms with Gasteiger partial charge in [0.1, 0.15) is 0 Å². The lowest BCUT2D eigenvalue weighted by Crippen LogP contribution is -2.37. The van der Waals surface area contributed by atoms with Gasteiger partial charge in [-0.15, -0.1) is 0 Å². The summed E-state index contributed by atoms with van der Waals surface area (Å²) in [5, 5.41) is 5.14. The van der Waals surface area contributed by atoms with Crippen LogP contribution in [0.3, 0.4) is 0 Å². The molecule has 3 nitrogen and oxygen atoms in total. The molecule has 0 spiro atoms. The van der Waals surface area contributed by atoms with E-state index in [4.69, 9.17) is 0 Å². The van der Waals surface area contributed by atoms with Crippen LogP contribution < -0.4 is 15.9 Å². The lowest BCUT2D eigenvalue weighted by Gasteiger charge is -2.13. The van der Waals surface area contributed by atoms with E-state index in [0.29, 0.717) is 5.36 Å². The molecule has 0 bridgehead atoms. The minimum absolute atomic E-state index is 0.619. The largest absolute Gasteiger partial charge is 0.348 e. The van der Waals surface area contributed by atoms with Crippen molar-refractivity contribution in [2.75, 3.05) is 0 Å². The number of para-hydroxylation sites is 1. The van der Waals surface area contributed by atoms with Crippen molar-refractivity contribution in [3.05, 3.63) is 34.8 Å². The monoisotopic (exact) mass is 197 g/mol. The maximum absolute atomic E-state index is 11.8. The first-order chi connectivity index (χ1) is 6.75. The minimum Gasteiger partial charge on any atom is -0.276 e. The SMILES string of the molecule is FC(F)OC1[N]C=c2ccccc2=N1. The number of alkyl halides is 2. The Hall–Kier alpha value is -1.49. The Bertz CT molecular complexity index is 433. The molecule has 1 aromatic carbocycles. The number of rotatable bonds is 2. The van der Waals surface area contributed by atoms with Gasteiger partial charge in [-0.05, 0) is 6.07 Å². The maximum atomic E-state index is 11.8. The van der Waals surface area contributed by atoms with Gasteiger partial charge >= 0.3 is 6.61 Å². The van der Waals surface area contributed by atoms with E-state index >= 15 is 0 Å². The lowest BCUT2D eigenvalue weighted by molar-refractivity contribution is -0.166. The zero-order valence-corrected chi connectivity index (χ0v) is 7.10. The van der Waals surface area contributed by atoms with Gasteiger partial charge in [-0.3, -0.25) is 4.74 Å². The van der Waals surface area contributed by atoms with Gasteiger partial charge in [-0.2, -0.15) is 8.78 Å². The van der Waals surface area contributed by atoms with Gasteiger partial charge in [0.2, 0.25) is 0 Å². The second-order valence-electron chi connectivity index (χ2n) is 2.69. The third-order valence-electron chi connectivity index (χ3n) is 1.75. The van der Waals surface area contributed by atoms with Crippen LogP contribution in [-0.4, -0.2) is 13.0 Å². The number of benzene rings is 1. The second kappa shape index (κ2) is 3.71. The molecule has 5 heteroatoms. The van der Waals surface area contributed by atoms with Crippen molar-refractivity contribution in [2.24, 2.45) is 4.99 Å². The fourth-order valence-electron chi connectivity index (χ4n) is 1.17. The van der Waals surface area contributed by atoms with Gasteiger partial charge in [0, 0.05) is 11.4 Å². The molecule has 1 aromatic rings. The standard InChI is InChI=1S/C9H7F2N2O/c10-8(11)14-9-12-5-6-3-1-2-4-7(6)13-9/h1-5,8-9H. The molecule has 14 heavy (non-hydrogen) atoms. The zero-order valence-electron chi connectivity index (χ0n) is 7.10. The highest BCUT2D eigenvalue weighted by atomic mass is 19.3. The first kappa shape index (κ1) is 9.08. The van der Waals surface area contributed by atoms with Crippen molar-refractivity contribution in [2.45, 2.75) is 13.0 Å². The van der Waals surface area contributed by atoms with Crippen LogP contribution in [0, 0.1) is 0 Å². The predicted octanol–water partition coefficient (Wildman–Crippen LogP) is 0.185.